The van der Waals surface area contributed by atoms with E-state index in [2.05, 4.69) is 126 Å². The van der Waals surface area contributed by atoms with Crippen LogP contribution in [0.4, 0.5) is 0 Å². The summed E-state index contributed by atoms with van der Waals surface area (Å²) in [5, 5.41) is 7.02. The predicted molar refractivity (Wildman–Crippen MR) is 211 cm³/mol. The fraction of sp³-hybridized carbons (Fsp3) is 0. The highest BCUT2D eigenvalue weighted by Crippen LogP contribution is 2.40. The summed E-state index contributed by atoms with van der Waals surface area (Å²) in [5.74, 6) is 1.86. The average Bonchev–Trinajstić information content (AvgIpc) is 3.87. The summed E-state index contributed by atoms with van der Waals surface area (Å²) in [4.78, 5) is 15.1. The lowest BCUT2D eigenvalue weighted by Crippen LogP contribution is -2.00. The molecular weight excluding hydrogens is 645 g/mol. The Kier molecular flexibility index (Phi) is 6.05. The van der Waals surface area contributed by atoms with Crippen LogP contribution in [0.2, 0.25) is 0 Å². The predicted octanol–water partition coefficient (Wildman–Crippen LogP) is 12.2. The minimum Gasteiger partial charge on any atom is -0.456 e. The minimum atomic E-state index is 0.596. The van der Waals surface area contributed by atoms with Gasteiger partial charge in [0.1, 0.15) is 11.2 Å². The van der Waals surface area contributed by atoms with Gasteiger partial charge in [-0.05, 0) is 60.7 Å². The molecule has 0 N–H and O–H groups in total. The Morgan fingerprint density at radius 2 is 1.02 bits per heavy atom. The fourth-order valence-corrected chi connectivity index (χ4v) is 8.62. The molecule has 7 aromatic carbocycles. The smallest absolute Gasteiger partial charge is 0.164 e. The normalized spacial score (nSPS) is 11.9. The average molecular weight is 671 g/mol. The van der Waals surface area contributed by atoms with Gasteiger partial charge in [0, 0.05) is 53.0 Å². The van der Waals surface area contributed by atoms with Crippen LogP contribution in [-0.2, 0) is 0 Å². The van der Waals surface area contributed by atoms with Crippen molar-refractivity contribution in [2.75, 3.05) is 0 Å². The molecule has 238 valence electrons. The van der Waals surface area contributed by atoms with Gasteiger partial charge in [0.2, 0.25) is 0 Å². The topological polar surface area (TPSA) is 56.7 Å². The van der Waals surface area contributed by atoms with Crippen molar-refractivity contribution in [2.45, 2.75) is 0 Å². The molecule has 5 nitrogen and oxygen atoms in total. The molecule has 0 aliphatic rings. The summed E-state index contributed by atoms with van der Waals surface area (Å²) in [6.45, 7) is 0. The van der Waals surface area contributed by atoms with Crippen LogP contribution in [0.5, 0.6) is 0 Å². The zero-order chi connectivity index (χ0) is 33.5. The largest absolute Gasteiger partial charge is 0.456 e. The molecule has 0 bridgehead atoms. The van der Waals surface area contributed by atoms with Crippen LogP contribution in [-0.4, -0.2) is 19.5 Å². The number of para-hydroxylation sites is 2. The highest BCUT2D eigenvalue weighted by Gasteiger charge is 2.19. The van der Waals surface area contributed by atoms with Gasteiger partial charge < -0.3 is 8.98 Å². The Labute approximate surface area is 295 Å². The summed E-state index contributed by atoms with van der Waals surface area (Å²) in [6.07, 6.45) is 0. The molecule has 0 spiro atoms. The molecule has 0 unspecified atom stereocenters. The summed E-state index contributed by atoms with van der Waals surface area (Å²) in [5.41, 5.74) is 7.78. The molecule has 6 heteroatoms. The number of fused-ring (bicyclic) bond motifs is 9. The molecule has 11 aromatic rings. The van der Waals surface area contributed by atoms with E-state index in [4.69, 9.17) is 19.4 Å². The van der Waals surface area contributed by atoms with Crippen molar-refractivity contribution in [1.29, 1.82) is 0 Å². The highest BCUT2D eigenvalue weighted by atomic mass is 32.1. The molecule has 0 saturated heterocycles. The second-order valence-corrected chi connectivity index (χ2v) is 13.9. The second-order valence-electron chi connectivity index (χ2n) is 12.8. The minimum absolute atomic E-state index is 0.596. The summed E-state index contributed by atoms with van der Waals surface area (Å²) in [7, 11) is 0. The number of thiophene rings is 1. The van der Waals surface area contributed by atoms with Gasteiger partial charge in [0.05, 0.1) is 22.1 Å². The van der Waals surface area contributed by atoms with Gasteiger partial charge in [-0.15, -0.1) is 11.3 Å². The third-order valence-electron chi connectivity index (χ3n) is 9.86. The van der Waals surface area contributed by atoms with Gasteiger partial charge in [0.15, 0.2) is 17.5 Å². The van der Waals surface area contributed by atoms with Crippen molar-refractivity contribution in [3.05, 3.63) is 158 Å². The van der Waals surface area contributed by atoms with Crippen molar-refractivity contribution in [3.63, 3.8) is 0 Å². The van der Waals surface area contributed by atoms with E-state index in [1.165, 1.54) is 30.9 Å². The molecule has 4 heterocycles. The van der Waals surface area contributed by atoms with Crippen molar-refractivity contribution in [3.8, 4) is 39.9 Å². The van der Waals surface area contributed by atoms with E-state index in [1.807, 2.05) is 36.4 Å². The standard InChI is InChI=1S/C45H26N4OS/c1-2-11-27(12-3-1)43-46-44(28-22-24-41-34(25-28)32-15-6-9-20-40(32)51-41)48-45(47-43)29-21-23-33-39(26-29)50-38-19-10-18-37(42(33)38)49-35-16-7-4-13-30(35)31-14-5-8-17-36(31)49/h1-26H. The number of hydrogen-bond donors (Lipinski definition) is 0. The molecule has 51 heavy (non-hydrogen) atoms. The highest BCUT2D eigenvalue weighted by molar-refractivity contribution is 7.25. The first-order valence-corrected chi connectivity index (χ1v) is 17.8. The maximum atomic E-state index is 6.60. The van der Waals surface area contributed by atoms with Gasteiger partial charge in [-0.2, -0.15) is 0 Å². The number of benzene rings is 7. The Morgan fingerprint density at radius 1 is 0.412 bits per heavy atom. The second kappa shape index (κ2) is 10.9. The van der Waals surface area contributed by atoms with Gasteiger partial charge >= 0.3 is 0 Å². The van der Waals surface area contributed by atoms with Gasteiger partial charge in [-0.3, -0.25) is 0 Å². The number of aromatic nitrogens is 4. The van der Waals surface area contributed by atoms with Gasteiger partial charge in [-0.1, -0.05) is 97.1 Å². The summed E-state index contributed by atoms with van der Waals surface area (Å²) in [6, 6.07) is 54.9. The van der Waals surface area contributed by atoms with Crippen LogP contribution in [0.1, 0.15) is 0 Å². The maximum absolute atomic E-state index is 6.60. The van der Waals surface area contributed by atoms with Crippen LogP contribution >= 0.6 is 11.3 Å². The first-order chi connectivity index (χ1) is 25.3. The van der Waals surface area contributed by atoms with E-state index in [-0.39, 0.29) is 0 Å². The maximum Gasteiger partial charge on any atom is 0.164 e. The molecule has 0 amide bonds. The molecule has 0 saturated carbocycles. The molecule has 0 atom stereocenters. The van der Waals surface area contributed by atoms with Gasteiger partial charge in [-0.25, -0.2) is 15.0 Å². The van der Waals surface area contributed by atoms with E-state index in [0.29, 0.717) is 17.5 Å². The van der Waals surface area contributed by atoms with E-state index in [9.17, 15) is 0 Å². The zero-order valence-corrected chi connectivity index (χ0v) is 27.9. The zero-order valence-electron chi connectivity index (χ0n) is 27.1. The Hall–Kier alpha value is -6.63. The lowest BCUT2D eigenvalue weighted by atomic mass is 10.1. The lowest BCUT2D eigenvalue weighted by molar-refractivity contribution is 0.669. The Balaban J connectivity index is 1.10. The molecule has 0 aliphatic carbocycles. The van der Waals surface area contributed by atoms with Gasteiger partial charge in [0.25, 0.3) is 0 Å². The van der Waals surface area contributed by atoms with Crippen LogP contribution < -0.4 is 0 Å². The molecule has 4 aromatic heterocycles. The number of hydrogen-bond acceptors (Lipinski definition) is 5. The van der Waals surface area contributed by atoms with Crippen molar-refractivity contribution < 1.29 is 4.42 Å². The molecule has 0 fully saturated rings. The Morgan fingerprint density at radius 3 is 1.78 bits per heavy atom. The quantitative estimate of drug-likeness (QED) is 0.187. The third kappa shape index (κ3) is 4.37. The number of furan rings is 1. The molecular formula is C45H26N4OS. The summed E-state index contributed by atoms with van der Waals surface area (Å²) < 4.78 is 11.5. The number of nitrogens with zero attached hydrogens (tertiary/aromatic N) is 4. The van der Waals surface area contributed by atoms with E-state index < -0.39 is 0 Å². The summed E-state index contributed by atoms with van der Waals surface area (Å²) >= 11 is 1.80. The van der Waals surface area contributed by atoms with Crippen molar-refractivity contribution in [1.82, 2.24) is 19.5 Å². The molecule has 11 rings (SSSR count). The van der Waals surface area contributed by atoms with Crippen molar-refractivity contribution in [2.24, 2.45) is 0 Å². The van der Waals surface area contributed by atoms with Crippen LogP contribution in [0.3, 0.4) is 0 Å². The van der Waals surface area contributed by atoms with E-state index in [0.717, 1.165) is 55.3 Å². The molecule has 0 aliphatic heterocycles. The van der Waals surface area contributed by atoms with Crippen molar-refractivity contribution >= 4 is 75.3 Å². The lowest BCUT2D eigenvalue weighted by Gasteiger charge is -2.10. The molecule has 0 radical (unpaired) electrons. The first kappa shape index (κ1) is 28.2. The fourth-order valence-electron chi connectivity index (χ4n) is 7.53. The van der Waals surface area contributed by atoms with E-state index in [1.54, 1.807) is 11.3 Å². The van der Waals surface area contributed by atoms with Crippen LogP contribution in [0.25, 0.3) is 104 Å². The SMILES string of the molecule is c1ccc(-c2nc(-c3ccc4c(c3)oc3cccc(-n5c6ccccc6c6ccccc65)c34)nc(-c3ccc4sc5ccccc5c4c3)n2)cc1. The van der Waals surface area contributed by atoms with E-state index >= 15 is 0 Å². The number of rotatable bonds is 4. The van der Waals surface area contributed by atoms with Crippen LogP contribution in [0.15, 0.2) is 162 Å². The van der Waals surface area contributed by atoms with Crippen LogP contribution in [0, 0.1) is 0 Å². The first-order valence-electron chi connectivity index (χ1n) is 16.9. The Bertz CT molecular complexity index is 3100. The monoisotopic (exact) mass is 670 g/mol. The third-order valence-corrected chi connectivity index (χ3v) is 11.0.